The lowest BCUT2D eigenvalue weighted by molar-refractivity contribution is -0.0464. The minimum Gasteiger partial charge on any atom is -0.394 e. The molecule has 3 atom stereocenters. The Balaban J connectivity index is 2.34. The minimum atomic E-state index is -0.783. The van der Waals surface area contributed by atoms with Gasteiger partial charge in [0.2, 0.25) is 0 Å². The Morgan fingerprint density at radius 1 is 1.71 bits per heavy atom. The molecule has 17 heavy (non-hydrogen) atoms. The molecule has 0 saturated carbocycles. The summed E-state index contributed by atoms with van der Waals surface area (Å²) in [4.78, 5) is 15.3. The highest BCUT2D eigenvalue weighted by Crippen LogP contribution is 2.28. The number of nitrogen functional groups attached to an aromatic ring is 1. The molecule has 0 aromatic carbocycles. The van der Waals surface area contributed by atoms with Crippen molar-refractivity contribution in [1.29, 1.82) is 0 Å². The quantitative estimate of drug-likeness (QED) is 0.598. The van der Waals surface area contributed by atoms with E-state index < -0.39 is 24.1 Å². The van der Waals surface area contributed by atoms with E-state index in [0.717, 1.165) is 0 Å². The van der Waals surface area contributed by atoms with Crippen LogP contribution in [-0.4, -0.2) is 38.6 Å². The second-order valence-corrected chi connectivity index (χ2v) is 4.09. The second-order valence-electron chi connectivity index (χ2n) is 4.09. The maximum absolute atomic E-state index is 11.7. The fourth-order valence-corrected chi connectivity index (χ4v) is 2.02. The largest absolute Gasteiger partial charge is 0.394 e. The van der Waals surface area contributed by atoms with E-state index in [1.165, 1.54) is 4.57 Å². The maximum Gasteiger partial charge on any atom is 0.351 e. The van der Waals surface area contributed by atoms with Gasteiger partial charge in [-0.1, -0.05) is 0 Å². The minimum absolute atomic E-state index is 0.154. The number of aliphatic hydroxyl groups excluding tert-OH is 2. The lowest BCUT2D eigenvalue weighted by Gasteiger charge is -2.16. The van der Waals surface area contributed by atoms with Crippen LogP contribution in [0.4, 0.5) is 5.82 Å². The first kappa shape index (κ1) is 12.0. The average Bonchev–Trinajstić information content (AvgIpc) is 2.57. The number of nitrogens with two attached hydrogens (primary N) is 1. The van der Waals surface area contributed by atoms with E-state index in [-0.39, 0.29) is 18.8 Å². The Labute approximate surface area is 97.5 Å². The van der Waals surface area contributed by atoms with Crippen LogP contribution in [0.2, 0.25) is 0 Å². The van der Waals surface area contributed by atoms with Crippen LogP contribution in [0.25, 0.3) is 0 Å². The van der Waals surface area contributed by atoms with Crippen LogP contribution in [0.1, 0.15) is 18.3 Å². The van der Waals surface area contributed by atoms with Gasteiger partial charge in [0, 0.05) is 12.1 Å². The van der Waals surface area contributed by atoms with Crippen molar-refractivity contribution in [2.24, 2.45) is 0 Å². The summed E-state index contributed by atoms with van der Waals surface area (Å²) in [5, 5.41) is 18.6. The first-order chi connectivity index (χ1) is 8.02. The number of ether oxygens (including phenoxy) is 1. The Bertz CT molecular complexity index is 473. The van der Waals surface area contributed by atoms with Gasteiger partial charge >= 0.3 is 5.69 Å². The molecule has 1 aromatic heterocycles. The highest BCUT2D eigenvalue weighted by molar-refractivity contribution is 5.28. The molecule has 0 radical (unpaired) electrons. The zero-order valence-electron chi connectivity index (χ0n) is 9.41. The fraction of sp³-hybridized carbons (Fsp3) is 0.600. The lowest BCUT2D eigenvalue weighted by atomic mass is 10.2. The van der Waals surface area contributed by atoms with Crippen LogP contribution >= 0.6 is 0 Å². The Kier molecular flexibility index (Phi) is 3.14. The van der Waals surface area contributed by atoms with Crippen LogP contribution in [0, 0.1) is 6.92 Å². The molecule has 2 rings (SSSR count). The van der Waals surface area contributed by atoms with Gasteiger partial charge in [-0.2, -0.15) is 4.98 Å². The Morgan fingerprint density at radius 2 is 2.41 bits per heavy atom. The molecule has 7 nitrogen and oxygen atoms in total. The van der Waals surface area contributed by atoms with E-state index in [4.69, 9.17) is 15.6 Å². The molecular weight excluding hydrogens is 226 g/mol. The van der Waals surface area contributed by atoms with Crippen molar-refractivity contribution in [2.75, 3.05) is 12.3 Å². The number of aryl methyl sites for hydroxylation is 1. The van der Waals surface area contributed by atoms with Gasteiger partial charge in [-0.3, -0.25) is 4.57 Å². The van der Waals surface area contributed by atoms with Crippen molar-refractivity contribution in [3.8, 4) is 0 Å². The summed E-state index contributed by atoms with van der Waals surface area (Å²) in [7, 11) is 0. The van der Waals surface area contributed by atoms with Crippen molar-refractivity contribution < 1.29 is 14.9 Å². The topological polar surface area (TPSA) is 111 Å². The number of nitrogens with zero attached hydrogens (tertiary/aromatic N) is 2. The molecule has 0 spiro atoms. The first-order valence-corrected chi connectivity index (χ1v) is 5.33. The van der Waals surface area contributed by atoms with Gasteiger partial charge in [0.25, 0.3) is 0 Å². The maximum atomic E-state index is 11.7. The standard InChI is InChI=1S/C10H15N3O4/c1-5-2-8(11)12-10(16)13(5)9-3-6(15)7(4-14)17-9/h2,6-7,9,14-15H,3-4H2,1H3,(H2,11,12,16)/t6-,7-,9+/m0/s1. The van der Waals surface area contributed by atoms with E-state index in [2.05, 4.69) is 4.98 Å². The molecule has 4 N–H and O–H groups in total. The normalized spacial score (nSPS) is 28.5. The summed E-state index contributed by atoms with van der Waals surface area (Å²) in [6.07, 6.45) is -1.81. The molecule has 1 aliphatic heterocycles. The molecule has 0 aliphatic carbocycles. The molecule has 94 valence electrons. The molecule has 1 saturated heterocycles. The van der Waals surface area contributed by atoms with Crippen LogP contribution in [0.3, 0.4) is 0 Å². The van der Waals surface area contributed by atoms with E-state index in [0.29, 0.717) is 5.69 Å². The second kappa shape index (κ2) is 4.44. The third kappa shape index (κ3) is 2.17. The molecule has 1 fully saturated rings. The monoisotopic (exact) mass is 241 g/mol. The molecule has 0 bridgehead atoms. The van der Waals surface area contributed by atoms with Gasteiger partial charge in [-0.15, -0.1) is 0 Å². The fourth-order valence-electron chi connectivity index (χ4n) is 2.02. The third-order valence-electron chi connectivity index (χ3n) is 2.84. The van der Waals surface area contributed by atoms with Crippen LogP contribution in [0.5, 0.6) is 0 Å². The highest BCUT2D eigenvalue weighted by atomic mass is 16.5. The smallest absolute Gasteiger partial charge is 0.351 e. The van der Waals surface area contributed by atoms with Gasteiger partial charge in [0.15, 0.2) is 0 Å². The average molecular weight is 241 g/mol. The van der Waals surface area contributed by atoms with Crippen LogP contribution in [-0.2, 0) is 4.74 Å². The number of hydrogen-bond donors (Lipinski definition) is 3. The zero-order valence-corrected chi connectivity index (χ0v) is 9.41. The van der Waals surface area contributed by atoms with Crippen molar-refractivity contribution in [2.45, 2.75) is 31.8 Å². The van der Waals surface area contributed by atoms with E-state index in [1.54, 1.807) is 13.0 Å². The van der Waals surface area contributed by atoms with Gasteiger partial charge in [0.1, 0.15) is 18.1 Å². The number of hydrogen-bond acceptors (Lipinski definition) is 6. The molecular formula is C10H15N3O4. The summed E-state index contributed by atoms with van der Waals surface area (Å²) in [6.45, 7) is 1.43. The van der Waals surface area contributed by atoms with Gasteiger partial charge in [-0.05, 0) is 13.0 Å². The van der Waals surface area contributed by atoms with Crippen molar-refractivity contribution in [1.82, 2.24) is 9.55 Å². The number of rotatable bonds is 2. The van der Waals surface area contributed by atoms with Crippen LogP contribution < -0.4 is 11.4 Å². The van der Waals surface area contributed by atoms with Gasteiger partial charge in [0.05, 0.1) is 12.7 Å². The van der Waals surface area contributed by atoms with E-state index in [9.17, 15) is 9.90 Å². The number of anilines is 1. The van der Waals surface area contributed by atoms with Gasteiger partial charge in [-0.25, -0.2) is 4.79 Å². The number of aliphatic hydroxyl groups is 2. The molecule has 0 amide bonds. The van der Waals surface area contributed by atoms with E-state index >= 15 is 0 Å². The molecule has 7 heteroatoms. The molecule has 1 aliphatic rings. The third-order valence-corrected chi connectivity index (χ3v) is 2.84. The zero-order chi connectivity index (χ0) is 12.6. The lowest BCUT2D eigenvalue weighted by Crippen LogP contribution is -2.30. The summed E-state index contributed by atoms with van der Waals surface area (Å²) in [5.74, 6) is 0.154. The predicted molar refractivity (Wildman–Crippen MR) is 59.3 cm³/mol. The van der Waals surface area contributed by atoms with Crippen molar-refractivity contribution in [3.05, 3.63) is 22.2 Å². The SMILES string of the molecule is Cc1cc(N)nc(=O)n1[C@H]1C[C@H](O)[C@H](CO)O1. The highest BCUT2D eigenvalue weighted by Gasteiger charge is 2.35. The Morgan fingerprint density at radius 3 is 2.94 bits per heavy atom. The summed E-state index contributed by atoms with van der Waals surface area (Å²) in [5.41, 5.74) is 5.55. The first-order valence-electron chi connectivity index (χ1n) is 5.33. The predicted octanol–water partition coefficient (Wildman–Crippen LogP) is -1.23. The van der Waals surface area contributed by atoms with Crippen molar-refractivity contribution >= 4 is 5.82 Å². The summed E-state index contributed by atoms with van der Waals surface area (Å²) in [6, 6.07) is 1.56. The van der Waals surface area contributed by atoms with Gasteiger partial charge < -0.3 is 20.7 Å². The number of aromatic nitrogens is 2. The summed E-state index contributed by atoms with van der Waals surface area (Å²) >= 11 is 0. The molecule has 2 heterocycles. The van der Waals surface area contributed by atoms with Crippen molar-refractivity contribution in [3.63, 3.8) is 0 Å². The molecule has 1 aromatic rings. The Hall–Kier alpha value is -1.44. The van der Waals surface area contributed by atoms with Crippen LogP contribution in [0.15, 0.2) is 10.9 Å². The molecule has 0 unspecified atom stereocenters. The van der Waals surface area contributed by atoms with E-state index in [1.807, 2.05) is 0 Å². The summed E-state index contributed by atoms with van der Waals surface area (Å²) < 4.78 is 6.72.